The lowest BCUT2D eigenvalue weighted by atomic mass is 10.00. The van der Waals surface area contributed by atoms with Crippen LogP contribution in [0.15, 0.2) is 0 Å². The first-order chi connectivity index (χ1) is 4.84. The predicted octanol–water partition coefficient (Wildman–Crippen LogP) is -0.338. The molecule has 54 valence electrons. The van der Waals surface area contributed by atoms with E-state index in [0.29, 0.717) is 12.0 Å². The molecular weight excluding hydrogens is 130 g/mol. The molecule has 1 unspecified atom stereocenters. The second kappa shape index (κ2) is 1.29. The third kappa shape index (κ3) is 0.352. The van der Waals surface area contributed by atoms with Crippen molar-refractivity contribution in [3.05, 3.63) is 0 Å². The van der Waals surface area contributed by atoms with Crippen molar-refractivity contribution >= 4 is 6.29 Å². The number of ether oxygens (including phenoxy) is 1. The fraction of sp³-hybridized carbons (Fsp3) is 0.857. The van der Waals surface area contributed by atoms with Gasteiger partial charge >= 0.3 is 0 Å². The molecule has 4 bridgehead atoms. The first-order valence-corrected chi connectivity index (χ1v) is 3.74. The van der Waals surface area contributed by atoms with Crippen molar-refractivity contribution in [2.45, 2.75) is 30.7 Å². The number of rotatable bonds is 1. The van der Waals surface area contributed by atoms with Crippen LogP contribution >= 0.6 is 0 Å². The minimum Gasteiger partial charge on any atom is -0.347 e. The van der Waals surface area contributed by atoms with Crippen molar-refractivity contribution in [3.63, 3.8) is 0 Å². The third-order valence-corrected chi connectivity index (χ3v) is 3.05. The van der Waals surface area contributed by atoms with Gasteiger partial charge in [-0.2, -0.15) is 0 Å². The van der Waals surface area contributed by atoms with Crippen molar-refractivity contribution < 1.29 is 9.53 Å². The van der Waals surface area contributed by atoms with Gasteiger partial charge in [-0.1, -0.05) is 0 Å². The van der Waals surface area contributed by atoms with Crippen molar-refractivity contribution in [2.24, 2.45) is 5.92 Å². The van der Waals surface area contributed by atoms with Gasteiger partial charge in [0.15, 0.2) is 6.29 Å². The summed E-state index contributed by atoms with van der Waals surface area (Å²) < 4.78 is 5.49. The second-order valence-electron chi connectivity index (χ2n) is 3.53. The Kier molecular flexibility index (Phi) is 0.679. The van der Waals surface area contributed by atoms with Crippen LogP contribution in [-0.4, -0.2) is 24.2 Å². The number of carbonyl (C=O) groups excluding carboxylic acids is 1. The van der Waals surface area contributed by atoms with Gasteiger partial charge in [-0.3, -0.25) is 5.32 Å². The Morgan fingerprint density at radius 1 is 1.70 bits per heavy atom. The average molecular weight is 139 g/mol. The van der Waals surface area contributed by atoms with Gasteiger partial charge in [-0.15, -0.1) is 0 Å². The molecule has 3 aliphatic heterocycles. The van der Waals surface area contributed by atoms with Crippen LogP contribution in [0.5, 0.6) is 0 Å². The summed E-state index contributed by atoms with van der Waals surface area (Å²) in [5, 5.41) is 3.27. The van der Waals surface area contributed by atoms with Crippen molar-refractivity contribution in [3.8, 4) is 0 Å². The molecule has 0 radical (unpaired) electrons. The number of aldehydes is 1. The topological polar surface area (TPSA) is 38.3 Å². The zero-order chi connectivity index (χ0) is 6.77. The summed E-state index contributed by atoms with van der Waals surface area (Å²) >= 11 is 0. The van der Waals surface area contributed by atoms with E-state index in [-0.39, 0.29) is 6.23 Å². The van der Waals surface area contributed by atoms with E-state index in [4.69, 9.17) is 4.74 Å². The van der Waals surface area contributed by atoms with E-state index in [1.165, 1.54) is 0 Å². The highest BCUT2D eigenvalue weighted by atomic mass is 16.6. The quantitative estimate of drug-likeness (QED) is 0.505. The zero-order valence-electron chi connectivity index (χ0n) is 5.54. The molecular formula is C7H9NO2. The average Bonchev–Trinajstić information content (AvgIpc) is 2.53. The molecule has 0 aromatic rings. The second-order valence-corrected chi connectivity index (χ2v) is 3.53. The van der Waals surface area contributed by atoms with Gasteiger partial charge in [0.05, 0.1) is 0 Å². The molecule has 10 heavy (non-hydrogen) atoms. The van der Waals surface area contributed by atoms with Crippen molar-refractivity contribution in [1.82, 2.24) is 5.32 Å². The van der Waals surface area contributed by atoms with E-state index in [9.17, 15) is 4.79 Å². The highest BCUT2D eigenvalue weighted by molar-refractivity contribution is 5.67. The highest BCUT2D eigenvalue weighted by Gasteiger charge is 2.64. The van der Waals surface area contributed by atoms with Crippen LogP contribution in [-0.2, 0) is 9.53 Å². The Hall–Kier alpha value is -0.410. The lowest BCUT2D eigenvalue weighted by Crippen LogP contribution is -2.40. The van der Waals surface area contributed by atoms with Crippen LogP contribution < -0.4 is 5.32 Å². The van der Waals surface area contributed by atoms with Gasteiger partial charge in [-0.25, -0.2) is 0 Å². The minimum absolute atomic E-state index is 0.204. The zero-order valence-corrected chi connectivity index (χ0v) is 5.54. The Morgan fingerprint density at radius 2 is 2.60 bits per heavy atom. The number of carbonyl (C=O) groups is 1. The molecule has 0 aromatic carbocycles. The molecule has 1 saturated carbocycles. The summed E-state index contributed by atoms with van der Waals surface area (Å²) in [6.07, 6.45) is 3.29. The van der Waals surface area contributed by atoms with Gasteiger partial charge in [0, 0.05) is 12.0 Å². The largest absolute Gasteiger partial charge is 0.347 e. The molecule has 4 atom stereocenters. The molecule has 3 heterocycles. The molecule has 0 amide bonds. The Balaban J connectivity index is 2.11. The molecule has 4 rings (SSSR count). The number of piperidine rings is 1. The van der Waals surface area contributed by atoms with Crippen molar-refractivity contribution in [2.75, 3.05) is 0 Å². The maximum absolute atomic E-state index is 10.7. The minimum atomic E-state index is -0.407. The van der Waals surface area contributed by atoms with E-state index >= 15 is 0 Å². The molecule has 1 aliphatic carbocycles. The number of hydrogen-bond donors (Lipinski definition) is 1. The van der Waals surface area contributed by atoms with Crippen molar-refractivity contribution in [1.29, 1.82) is 0 Å². The first kappa shape index (κ1) is 5.27. The summed E-state index contributed by atoms with van der Waals surface area (Å²) in [7, 11) is 0. The predicted molar refractivity (Wildman–Crippen MR) is 33.3 cm³/mol. The molecule has 0 spiro atoms. The third-order valence-electron chi connectivity index (χ3n) is 3.05. The standard InChI is InChI=1S/C7H9NO2/c9-3-7-2-4-1-5(7)8-6(4)10-7/h3-6,8H,1-2H2/t4-,5-,6?,7+/m0/s1. The van der Waals surface area contributed by atoms with E-state index in [2.05, 4.69) is 5.32 Å². The molecule has 4 aliphatic rings. The van der Waals surface area contributed by atoms with Crippen LogP contribution in [0.25, 0.3) is 0 Å². The lowest BCUT2D eigenvalue weighted by Gasteiger charge is -2.18. The molecule has 4 fully saturated rings. The normalized spacial score (nSPS) is 62.2. The number of nitrogens with one attached hydrogen (secondary N) is 1. The van der Waals surface area contributed by atoms with E-state index < -0.39 is 5.60 Å². The van der Waals surface area contributed by atoms with Crippen LogP contribution in [0.3, 0.4) is 0 Å². The van der Waals surface area contributed by atoms with Crippen LogP contribution in [0, 0.1) is 5.92 Å². The summed E-state index contributed by atoms with van der Waals surface area (Å²) in [5.41, 5.74) is -0.407. The van der Waals surface area contributed by atoms with Gasteiger partial charge in [0.25, 0.3) is 0 Å². The van der Waals surface area contributed by atoms with Gasteiger partial charge in [0.2, 0.25) is 0 Å². The van der Waals surface area contributed by atoms with E-state index in [1.54, 1.807) is 0 Å². The molecule has 0 aromatic heterocycles. The molecule has 1 N–H and O–H groups in total. The Bertz CT molecular complexity index is 190. The maximum atomic E-state index is 10.7. The summed E-state index contributed by atoms with van der Waals surface area (Å²) in [6, 6.07) is 0.333. The van der Waals surface area contributed by atoms with E-state index in [1.807, 2.05) is 0 Å². The Labute approximate surface area is 58.7 Å². The lowest BCUT2D eigenvalue weighted by molar-refractivity contribution is -0.125. The fourth-order valence-electron chi connectivity index (χ4n) is 2.57. The summed E-state index contributed by atoms with van der Waals surface area (Å²) in [5.74, 6) is 0.621. The smallest absolute Gasteiger partial charge is 0.153 e. The maximum Gasteiger partial charge on any atom is 0.153 e. The van der Waals surface area contributed by atoms with Gasteiger partial charge in [0.1, 0.15) is 11.8 Å². The van der Waals surface area contributed by atoms with Gasteiger partial charge in [-0.05, 0) is 12.8 Å². The van der Waals surface area contributed by atoms with Gasteiger partial charge < -0.3 is 9.53 Å². The summed E-state index contributed by atoms with van der Waals surface area (Å²) in [6.45, 7) is 0. The molecule has 3 nitrogen and oxygen atoms in total. The van der Waals surface area contributed by atoms with Crippen LogP contribution in [0.2, 0.25) is 0 Å². The molecule has 3 heteroatoms. The van der Waals surface area contributed by atoms with Crippen LogP contribution in [0.4, 0.5) is 0 Å². The Morgan fingerprint density at radius 3 is 2.80 bits per heavy atom. The first-order valence-electron chi connectivity index (χ1n) is 3.74. The van der Waals surface area contributed by atoms with E-state index in [0.717, 1.165) is 19.1 Å². The SMILES string of the molecule is O=C[C@]12C[C@@H]3C[C@@H]1NC3O2. The fourth-order valence-corrected chi connectivity index (χ4v) is 2.57. The monoisotopic (exact) mass is 139 g/mol. The number of hydrogen-bond acceptors (Lipinski definition) is 3. The highest BCUT2D eigenvalue weighted by Crippen LogP contribution is 2.52. The molecule has 3 saturated heterocycles. The summed E-state index contributed by atoms with van der Waals surface area (Å²) in [4.78, 5) is 10.7. The van der Waals surface area contributed by atoms with Crippen LogP contribution in [0.1, 0.15) is 12.8 Å².